The van der Waals surface area contributed by atoms with Gasteiger partial charge in [-0.25, -0.2) is 15.0 Å². The molecule has 17 heteroatoms. The number of hydrogen-bond donors (Lipinski definition) is 0. The molecule has 5 nitrogen and oxygen atoms in total. The normalized spacial score (nSPS) is 11.7. The summed E-state index contributed by atoms with van der Waals surface area (Å²) in [7, 11) is 79.7. The lowest BCUT2D eigenvalue weighted by molar-refractivity contribution is 0.669. The molecule has 7 aromatic carbocycles. The Morgan fingerprint density at radius 3 is 1.39 bits per heavy atom. The summed E-state index contributed by atoms with van der Waals surface area (Å²) in [5, 5.41) is 2.14. The van der Waals surface area contributed by atoms with Crippen LogP contribution >= 0.6 is 0 Å². The Morgan fingerprint density at radius 1 is 0.355 bits per heavy atom. The van der Waals surface area contributed by atoms with Gasteiger partial charge in [-0.05, 0) is 46.2 Å². The van der Waals surface area contributed by atoms with Crippen LogP contribution in [0.2, 0.25) is 0 Å². The number of furan rings is 1. The van der Waals surface area contributed by atoms with Crippen molar-refractivity contribution in [2.75, 3.05) is 0 Å². The van der Waals surface area contributed by atoms with Crippen molar-refractivity contribution in [3.8, 4) is 51.0 Å². The Kier molecular flexibility index (Phi) is 9.55. The van der Waals surface area contributed by atoms with Crippen molar-refractivity contribution < 1.29 is 4.42 Å². The summed E-state index contributed by atoms with van der Waals surface area (Å²) in [6, 6.07) is 30.8. The van der Waals surface area contributed by atoms with Gasteiger partial charge in [-0.1, -0.05) is 111 Å². The maximum absolute atomic E-state index is 7.23. The third-order valence-corrected chi connectivity index (χ3v) is 11.5. The van der Waals surface area contributed by atoms with Crippen molar-refractivity contribution in [1.82, 2.24) is 19.5 Å². The molecule has 0 N–H and O–H groups in total. The lowest BCUT2D eigenvalue weighted by atomic mass is 9.57. The molecule has 0 unspecified atom stereocenters. The summed E-state index contributed by atoms with van der Waals surface area (Å²) >= 11 is 0. The second kappa shape index (κ2) is 14.8. The van der Waals surface area contributed by atoms with E-state index < -0.39 is 0 Å². The van der Waals surface area contributed by atoms with Crippen molar-refractivity contribution in [2.24, 2.45) is 0 Å². The topological polar surface area (TPSA) is 56.7 Å². The van der Waals surface area contributed by atoms with Gasteiger partial charge in [0.25, 0.3) is 0 Å². The summed E-state index contributed by atoms with van der Waals surface area (Å²) in [6.45, 7) is 0. The predicted molar refractivity (Wildman–Crippen MR) is 268 cm³/mol. The first-order chi connectivity index (χ1) is 29.8. The fraction of sp³-hybridized carbons (Fsp3) is 0. The molecule has 62 heavy (non-hydrogen) atoms. The number of fused-ring (bicyclic) bond motifs is 6. The highest BCUT2D eigenvalue weighted by Crippen LogP contribution is 2.39. The van der Waals surface area contributed by atoms with Gasteiger partial charge in [0.2, 0.25) is 0 Å². The van der Waals surface area contributed by atoms with E-state index in [1.807, 2.05) is 102 Å². The van der Waals surface area contributed by atoms with Crippen molar-refractivity contribution in [2.45, 2.75) is 0 Å². The van der Waals surface area contributed by atoms with E-state index in [-0.39, 0.29) is 76.7 Å². The van der Waals surface area contributed by atoms with Crippen LogP contribution in [0.1, 0.15) is 0 Å². The van der Waals surface area contributed by atoms with Gasteiger partial charge in [-0.15, -0.1) is 27.3 Å². The van der Waals surface area contributed by atoms with Gasteiger partial charge in [0.1, 0.15) is 105 Å². The average molecular weight is 758 g/mol. The van der Waals surface area contributed by atoms with Crippen LogP contribution in [0.4, 0.5) is 0 Å². The maximum atomic E-state index is 7.23. The zero-order valence-corrected chi connectivity index (χ0v) is 32.9. The summed E-state index contributed by atoms with van der Waals surface area (Å²) in [5.74, 6) is 1.50. The fourth-order valence-electron chi connectivity index (χ4n) is 8.39. The summed E-state index contributed by atoms with van der Waals surface area (Å²) in [6.07, 6.45) is 0. The highest BCUT2D eigenvalue weighted by molar-refractivity contribution is 6.72. The summed E-state index contributed by atoms with van der Waals surface area (Å²) < 4.78 is 8.42. The van der Waals surface area contributed by atoms with Gasteiger partial charge >= 0.3 is 0 Å². The van der Waals surface area contributed by atoms with E-state index in [1.165, 1.54) is 0 Å². The van der Waals surface area contributed by atoms with Crippen LogP contribution in [0.5, 0.6) is 0 Å². The maximum Gasteiger partial charge on any atom is 0.164 e. The number of rotatable bonds is 5. The van der Waals surface area contributed by atoms with E-state index in [1.54, 1.807) is 0 Å². The van der Waals surface area contributed by atoms with Crippen LogP contribution in [0.3, 0.4) is 0 Å². The van der Waals surface area contributed by atoms with E-state index in [4.69, 9.17) is 114 Å². The van der Waals surface area contributed by atoms with Crippen LogP contribution < -0.4 is 65.6 Å². The molecule has 0 aliphatic rings. The summed E-state index contributed by atoms with van der Waals surface area (Å²) in [5.41, 5.74) is 5.60. The minimum Gasteiger partial charge on any atom is -0.456 e. The Morgan fingerprint density at radius 2 is 0.806 bits per heavy atom. The first-order valence-corrected chi connectivity index (χ1v) is 19.2. The van der Waals surface area contributed by atoms with Gasteiger partial charge in [0, 0.05) is 33.1 Å². The molecular weight excluding hydrogens is 742 g/mol. The smallest absolute Gasteiger partial charge is 0.164 e. The van der Waals surface area contributed by atoms with Crippen LogP contribution in [0.25, 0.3) is 94.7 Å². The largest absolute Gasteiger partial charge is 0.456 e. The number of aromatic nitrogens is 4. The van der Waals surface area contributed by atoms with E-state index in [0.29, 0.717) is 67.1 Å². The summed E-state index contributed by atoms with van der Waals surface area (Å²) in [4.78, 5) is 14.7. The van der Waals surface area contributed by atoms with Gasteiger partial charge in [0.05, 0.1) is 11.1 Å². The zero-order chi connectivity index (χ0) is 43.5. The molecule has 3 aromatic heterocycles. The molecule has 0 aliphatic carbocycles. The lowest BCUT2D eigenvalue weighted by Gasteiger charge is -2.26. The Bertz CT molecular complexity index is 3470. The minimum absolute atomic E-state index is 0.00232. The minimum atomic E-state index is -0.00232. The van der Waals surface area contributed by atoms with Crippen molar-refractivity contribution in [1.29, 1.82) is 0 Å². The molecule has 0 spiro atoms. The molecule has 0 bridgehead atoms. The second-order valence-electron chi connectivity index (χ2n) is 15.0. The third-order valence-electron chi connectivity index (χ3n) is 11.5. The van der Waals surface area contributed by atoms with Crippen molar-refractivity contribution in [3.63, 3.8) is 0 Å². The monoisotopic (exact) mass is 760 g/mol. The molecule has 0 saturated carbocycles. The Hall–Kier alpha value is -6.07. The number of hydrogen-bond acceptors (Lipinski definition) is 4. The SMILES string of the molecule is [B]c1c([B])c([B])c(-c2c([B])c([B])c3c4c([B])c([B])c([B])c([B])c4n(-c4cccc5oc6cc(-c7nc(-c8ccccc8)nc(-c8ccccc8)n7)ccc6c45)c3c2[B])c([B])c1[B]. The molecule has 10 rings (SSSR count). The second-order valence-corrected chi connectivity index (χ2v) is 15.0. The Balaban J connectivity index is 1.28. The van der Waals surface area contributed by atoms with Crippen molar-refractivity contribution in [3.05, 3.63) is 97.1 Å². The standard InChI is InChI=1S/C45H16B12N4O/c46-29-26(25-30(47)35(52)38(55)36(53)31(25)48)34(51)41-27(32(29)49)28-33(50)37(54)39(56)40(57)42(28)61(41)21-12-7-13-22-24(21)20-15-14-19(16-23(20)62-22)45-59-43(17-8-3-1-4-9-17)58-44(60-45)18-10-5-2-6-11-18/h1-16H. The van der Waals surface area contributed by atoms with Gasteiger partial charge in [-0.2, -0.15) is 0 Å². The van der Waals surface area contributed by atoms with Crippen LogP contribution in [0.15, 0.2) is 101 Å². The molecule has 0 atom stereocenters. The van der Waals surface area contributed by atoms with Crippen molar-refractivity contribution >= 4 is 203 Å². The quantitative estimate of drug-likeness (QED) is 0.177. The number of benzene rings is 7. The Labute approximate surface area is 373 Å². The molecule has 24 radical (unpaired) electrons. The number of nitrogens with zero attached hydrogens (tertiary/aromatic N) is 4. The highest BCUT2D eigenvalue weighted by Gasteiger charge is 2.27. The van der Waals surface area contributed by atoms with Gasteiger partial charge in [0.15, 0.2) is 17.5 Å². The third kappa shape index (κ3) is 5.83. The highest BCUT2D eigenvalue weighted by atomic mass is 16.3. The van der Waals surface area contributed by atoms with Gasteiger partial charge in [-0.3, -0.25) is 0 Å². The lowest BCUT2D eigenvalue weighted by Crippen LogP contribution is -2.56. The van der Waals surface area contributed by atoms with Crippen LogP contribution in [-0.2, 0) is 0 Å². The molecule has 3 heterocycles. The predicted octanol–water partition coefficient (Wildman–Crippen LogP) is -2.94. The molecule has 0 aliphatic heterocycles. The molecule has 0 saturated heterocycles. The molecule has 0 fully saturated rings. The van der Waals surface area contributed by atoms with E-state index in [0.717, 1.165) is 16.5 Å². The van der Waals surface area contributed by atoms with Gasteiger partial charge < -0.3 is 8.98 Å². The van der Waals surface area contributed by atoms with E-state index in [2.05, 4.69) is 0 Å². The zero-order valence-electron chi connectivity index (χ0n) is 32.9. The molecular formula is C45H16B12N4O. The first kappa shape index (κ1) is 40.0. The molecule has 0 amide bonds. The fourth-order valence-corrected chi connectivity index (χ4v) is 8.39. The molecule has 258 valence electrons. The molecule has 10 aromatic rings. The van der Waals surface area contributed by atoms with E-state index >= 15 is 0 Å². The average Bonchev–Trinajstić information content (AvgIpc) is 3.86. The van der Waals surface area contributed by atoms with Crippen LogP contribution in [0, 0.1) is 0 Å². The first-order valence-electron chi connectivity index (χ1n) is 19.2. The van der Waals surface area contributed by atoms with E-state index in [9.17, 15) is 0 Å². The van der Waals surface area contributed by atoms with Crippen LogP contribution in [-0.4, -0.2) is 114 Å².